The standard InChI is InChI=1S/C56H67IO6Si3/c1-42(58)60-53-50(57)52(63-66(56(8,9)10,47-37-25-15-26-38-47)48-39-27-16-28-40-48)51(62-65(55(5,6)7,45-33-21-13-22-34-45)46-35-23-14-24-36-46)49(61-53)41-59-64(54(2,3)4,43-29-17-11-18-30-43)44-31-19-12-20-32-44/h11-40,49-53H,41H2,1-10H3/t49-,50+,51-,52-,53+/m1/s1. The van der Waals surface area contributed by atoms with E-state index in [1.54, 1.807) is 0 Å². The summed E-state index contributed by atoms with van der Waals surface area (Å²) in [5.74, 6) is -0.427. The van der Waals surface area contributed by atoms with Gasteiger partial charge in [0, 0.05) is 6.92 Å². The van der Waals surface area contributed by atoms with Crippen LogP contribution in [-0.4, -0.2) is 66.1 Å². The highest BCUT2D eigenvalue weighted by Gasteiger charge is 2.61. The molecule has 0 saturated carbocycles. The minimum atomic E-state index is -3.32. The molecule has 0 N–H and O–H groups in total. The molecule has 0 unspecified atom stereocenters. The molecule has 66 heavy (non-hydrogen) atoms. The minimum Gasteiger partial charge on any atom is -0.435 e. The van der Waals surface area contributed by atoms with Crippen molar-refractivity contribution in [2.45, 2.75) is 113 Å². The third kappa shape index (κ3) is 9.67. The van der Waals surface area contributed by atoms with Crippen LogP contribution in [-0.2, 0) is 27.5 Å². The predicted molar refractivity (Wildman–Crippen MR) is 287 cm³/mol. The number of ether oxygens (including phenoxy) is 2. The normalized spacial score (nSPS) is 19.8. The molecule has 0 aromatic heterocycles. The summed E-state index contributed by atoms with van der Waals surface area (Å²) in [6, 6.07) is 64.3. The van der Waals surface area contributed by atoms with E-state index in [2.05, 4.69) is 267 Å². The number of carbonyl (C=O) groups excluding carboxylic acids is 1. The topological polar surface area (TPSA) is 63.2 Å². The molecule has 1 saturated heterocycles. The maximum absolute atomic E-state index is 13.2. The van der Waals surface area contributed by atoms with Gasteiger partial charge < -0.3 is 22.8 Å². The van der Waals surface area contributed by atoms with Gasteiger partial charge in [0.15, 0.2) is 0 Å². The van der Waals surface area contributed by atoms with Gasteiger partial charge in [-0.25, -0.2) is 0 Å². The molecule has 0 aliphatic carbocycles. The van der Waals surface area contributed by atoms with Gasteiger partial charge in [0.2, 0.25) is 6.29 Å². The maximum Gasteiger partial charge on any atom is 0.304 e. The lowest BCUT2D eigenvalue weighted by Crippen LogP contribution is -2.75. The van der Waals surface area contributed by atoms with Crippen molar-refractivity contribution in [2.24, 2.45) is 0 Å². The van der Waals surface area contributed by atoms with Crippen molar-refractivity contribution >= 4 is 84.6 Å². The molecule has 6 nitrogen and oxygen atoms in total. The molecule has 0 spiro atoms. The third-order valence-electron chi connectivity index (χ3n) is 13.2. The first-order valence-corrected chi connectivity index (χ1v) is 30.1. The number of esters is 1. The number of carbonyl (C=O) groups is 1. The Balaban J connectivity index is 1.52. The Morgan fingerprint density at radius 1 is 0.470 bits per heavy atom. The van der Waals surface area contributed by atoms with Gasteiger partial charge in [-0.1, -0.05) is 267 Å². The molecule has 0 bridgehead atoms. The van der Waals surface area contributed by atoms with Crippen molar-refractivity contribution in [1.29, 1.82) is 0 Å². The van der Waals surface area contributed by atoms with E-state index in [9.17, 15) is 4.79 Å². The van der Waals surface area contributed by atoms with Crippen LogP contribution in [0.25, 0.3) is 0 Å². The Labute approximate surface area is 411 Å². The molecule has 1 aliphatic heterocycles. The van der Waals surface area contributed by atoms with E-state index in [-0.39, 0.29) is 21.7 Å². The van der Waals surface area contributed by atoms with E-state index in [0.29, 0.717) is 0 Å². The van der Waals surface area contributed by atoms with Gasteiger partial charge in [-0.2, -0.15) is 0 Å². The van der Waals surface area contributed by atoms with Gasteiger partial charge in [0.25, 0.3) is 25.0 Å². The SMILES string of the molecule is CC(=O)O[C@H]1O[C@H](CO[Si](c2ccccc2)(c2ccccc2)C(C)(C)C)[C@@H](O[Si](c2ccccc2)(c2ccccc2)C(C)(C)C)[C@H](O[Si](c2ccccc2)(c2ccccc2)C(C)(C)C)[C@@H]1I. The Bertz CT molecular complexity index is 2340. The van der Waals surface area contributed by atoms with E-state index < -0.39 is 59.4 Å². The maximum atomic E-state index is 13.2. The molecule has 0 amide bonds. The highest BCUT2D eigenvalue weighted by Crippen LogP contribution is 2.46. The molecule has 346 valence electrons. The summed E-state index contributed by atoms with van der Waals surface area (Å²) in [7, 11) is -9.74. The lowest BCUT2D eigenvalue weighted by atomic mass is 10.0. The van der Waals surface area contributed by atoms with Crippen LogP contribution in [0.4, 0.5) is 0 Å². The van der Waals surface area contributed by atoms with Gasteiger partial charge in [-0.05, 0) is 46.2 Å². The van der Waals surface area contributed by atoms with Gasteiger partial charge >= 0.3 is 5.97 Å². The first kappa shape index (κ1) is 49.9. The minimum absolute atomic E-state index is 0.151. The average Bonchev–Trinajstić information content (AvgIpc) is 3.30. The second-order valence-electron chi connectivity index (χ2n) is 20.6. The summed E-state index contributed by atoms with van der Waals surface area (Å²) >= 11 is 2.42. The summed E-state index contributed by atoms with van der Waals surface area (Å²) in [6.07, 6.45) is -3.06. The molecule has 6 aromatic carbocycles. The summed E-state index contributed by atoms with van der Waals surface area (Å²) in [4.78, 5) is 13.2. The highest BCUT2D eigenvalue weighted by atomic mass is 127. The molecule has 1 fully saturated rings. The van der Waals surface area contributed by atoms with Gasteiger partial charge in [0.05, 0.1) is 12.7 Å². The zero-order chi connectivity index (χ0) is 47.4. The summed E-state index contributed by atoms with van der Waals surface area (Å²) in [5, 5.41) is 5.83. The lowest BCUT2D eigenvalue weighted by molar-refractivity contribution is -0.237. The van der Waals surface area contributed by atoms with Crippen LogP contribution in [0.1, 0.15) is 69.2 Å². The Morgan fingerprint density at radius 2 is 0.742 bits per heavy atom. The van der Waals surface area contributed by atoms with E-state index >= 15 is 0 Å². The number of rotatable bonds is 14. The lowest BCUT2D eigenvalue weighted by Gasteiger charge is -2.54. The molecule has 1 aliphatic rings. The van der Waals surface area contributed by atoms with E-state index in [0.717, 1.165) is 31.1 Å². The molecular formula is C56H67IO6Si3. The van der Waals surface area contributed by atoms with Crippen LogP contribution in [0.5, 0.6) is 0 Å². The number of benzene rings is 6. The number of halogens is 1. The first-order valence-electron chi connectivity index (χ1n) is 23.2. The van der Waals surface area contributed by atoms with E-state index in [4.69, 9.17) is 22.8 Å². The fraction of sp³-hybridized carbons (Fsp3) is 0.339. The zero-order valence-electron chi connectivity index (χ0n) is 40.2. The van der Waals surface area contributed by atoms with Gasteiger partial charge in [0.1, 0.15) is 16.1 Å². The van der Waals surface area contributed by atoms with Crippen LogP contribution in [0, 0.1) is 0 Å². The Morgan fingerprint density at radius 3 is 1.02 bits per heavy atom. The second-order valence-corrected chi connectivity index (χ2v) is 34.8. The molecule has 7 rings (SSSR count). The van der Waals surface area contributed by atoms with Crippen molar-refractivity contribution in [3.63, 3.8) is 0 Å². The van der Waals surface area contributed by atoms with E-state index in [1.165, 1.54) is 6.92 Å². The Hall–Kier alpha value is -3.99. The van der Waals surface area contributed by atoms with Crippen molar-refractivity contribution < 1.29 is 27.5 Å². The fourth-order valence-corrected chi connectivity index (χ4v) is 25.4. The average molecular weight is 1050 g/mol. The molecule has 0 radical (unpaired) electrons. The monoisotopic (exact) mass is 1050 g/mol. The Kier molecular flexibility index (Phi) is 15.4. The number of hydrogen-bond acceptors (Lipinski definition) is 6. The molecule has 5 atom stereocenters. The van der Waals surface area contributed by atoms with Crippen molar-refractivity contribution in [3.8, 4) is 0 Å². The van der Waals surface area contributed by atoms with Crippen molar-refractivity contribution in [1.82, 2.24) is 0 Å². The van der Waals surface area contributed by atoms with Gasteiger partial charge in [-0.15, -0.1) is 0 Å². The van der Waals surface area contributed by atoms with E-state index in [1.807, 2.05) is 0 Å². The number of hydrogen-bond donors (Lipinski definition) is 0. The smallest absolute Gasteiger partial charge is 0.304 e. The van der Waals surface area contributed by atoms with Crippen LogP contribution < -0.4 is 31.1 Å². The van der Waals surface area contributed by atoms with Crippen LogP contribution in [0.3, 0.4) is 0 Å². The first-order chi connectivity index (χ1) is 31.4. The molecular weight excluding hydrogens is 980 g/mol. The number of alkyl halides is 1. The predicted octanol–water partition coefficient (Wildman–Crippen LogP) is 9.55. The summed E-state index contributed by atoms with van der Waals surface area (Å²) < 4.78 is 37.5. The van der Waals surface area contributed by atoms with Crippen molar-refractivity contribution in [2.75, 3.05) is 6.61 Å². The summed E-state index contributed by atoms with van der Waals surface area (Å²) in [6.45, 7) is 22.3. The van der Waals surface area contributed by atoms with Crippen molar-refractivity contribution in [3.05, 3.63) is 182 Å². The van der Waals surface area contributed by atoms with Crippen LogP contribution >= 0.6 is 22.6 Å². The van der Waals surface area contributed by atoms with Gasteiger partial charge in [-0.3, -0.25) is 4.79 Å². The highest BCUT2D eigenvalue weighted by molar-refractivity contribution is 14.1. The molecule has 1 heterocycles. The quantitative estimate of drug-likeness (QED) is 0.0469. The van der Waals surface area contributed by atoms with Crippen LogP contribution in [0.15, 0.2) is 182 Å². The third-order valence-corrected chi connectivity index (χ3v) is 29.6. The largest absolute Gasteiger partial charge is 0.435 e. The molecule has 10 heteroatoms. The fourth-order valence-electron chi connectivity index (χ4n) is 10.3. The molecule has 6 aromatic rings. The van der Waals surface area contributed by atoms with Crippen LogP contribution in [0.2, 0.25) is 15.1 Å². The zero-order valence-corrected chi connectivity index (χ0v) is 45.4. The second kappa shape index (κ2) is 20.3. The summed E-state index contributed by atoms with van der Waals surface area (Å²) in [5.41, 5.74) is 0.